The van der Waals surface area contributed by atoms with E-state index in [-0.39, 0.29) is 11.7 Å². The summed E-state index contributed by atoms with van der Waals surface area (Å²) in [6, 6.07) is 12.2. The molecule has 6 heteroatoms. The molecule has 0 aliphatic rings. The summed E-state index contributed by atoms with van der Waals surface area (Å²) >= 11 is 3.13. The minimum Gasteiger partial charge on any atom is -0.298 e. The van der Waals surface area contributed by atoms with Crippen molar-refractivity contribution in [3.05, 3.63) is 81.6 Å². The minimum atomic E-state index is -0.220. The molecule has 0 saturated heterocycles. The topological polar surface area (TPSA) is 42.0 Å². The maximum absolute atomic E-state index is 12.9. The lowest BCUT2D eigenvalue weighted by Gasteiger charge is -2.05. The van der Waals surface area contributed by atoms with E-state index in [1.54, 1.807) is 23.9 Å². The van der Waals surface area contributed by atoms with Crippen LogP contribution in [0.2, 0.25) is 0 Å². The van der Waals surface area contributed by atoms with Gasteiger partial charge in [-0.1, -0.05) is 18.2 Å². The van der Waals surface area contributed by atoms with Gasteiger partial charge in [-0.15, -0.1) is 11.3 Å². The zero-order chi connectivity index (χ0) is 18.5. The second-order valence-electron chi connectivity index (χ2n) is 6.02. The van der Waals surface area contributed by atoms with Crippen molar-refractivity contribution in [3.8, 4) is 0 Å². The lowest BCUT2D eigenvalue weighted by atomic mass is 10.1. The third-order valence-corrected chi connectivity index (χ3v) is 5.82. The average Bonchev–Trinajstić information content (AvgIpc) is 3.06. The van der Waals surface area contributed by atoms with Crippen molar-refractivity contribution >= 4 is 34.1 Å². The highest BCUT2D eigenvalue weighted by molar-refractivity contribution is 7.97. The zero-order valence-corrected chi connectivity index (χ0v) is 16.2. The number of carbonyl (C=O) groups excluding carboxylic acids is 1. The standard InChI is InChI=1S/C20H19FN2OS2/c1-13-3-6-16(9-14(13)2)19(24)23-20-22-18(12-26-20)11-25-10-15-4-7-17(21)8-5-15/h3-9,12H,10-11H2,1-2H3,(H,22,23,24). The number of aryl methyl sites for hydroxylation is 2. The summed E-state index contributed by atoms with van der Waals surface area (Å²) in [5, 5.41) is 5.41. The Morgan fingerprint density at radius 3 is 2.62 bits per heavy atom. The van der Waals surface area contributed by atoms with Gasteiger partial charge in [-0.3, -0.25) is 10.1 Å². The highest BCUT2D eigenvalue weighted by Gasteiger charge is 2.10. The van der Waals surface area contributed by atoms with Gasteiger partial charge in [0, 0.05) is 22.4 Å². The van der Waals surface area contributed by atoms with Crippen LogP contribution in [-0.4, -0.2) is 10.9 Å². The van der Waals surface area contributed by atoms with Crippen LogP contribution < -0.4 is 5.32 Å². The Hall–Kier alpha value is -2.18. The van der Waals surface area contributed by atoms with Crippen molar-refractivity contribution in [2.24, 2.45) is 0 Å². The number of carbonyl (C=O) groups is 1. The Balaban J connectivity index is 1.53. The number of hydrogen-bond acceptors (Lipinski definition) is 4. The molecule has 0 aliphatic carbocycles. The van der Waals surface area contributed by atoms with Crippen LogP contribution in [0.3, 0.4) is 0 Å². The van der Waals surface area contributed by atoms with Gasteiger partial charge in [-0.25, -0.2) is 9.37 Å². The first-order valence-corrected chi connectivity index (χ1v) is 10.2. The fraction of sp³-hybridized carbons (Fsp3) is 0.200. The summed E-state index contributed by atoms with van der Waals surface area (Å²) < 4.78 is 12.9. The van der Waals surface area contributed by atoms with Gasteiger partial charge in [0.25, 0.3) is 5.91 Å². The van der Waals surface area contributed by atoms with Crippen LogP contribution in [-0.2, 0) is 11.5 Å². The molecule has 1 aromatic heterocycles. The lowest BCUT2D eigenvalue weighted by Crippen LogP contribution is -2.12. The smallest absolute Gasteiger partial charge is 0.257 e. The Morgan fingerprint density at radius 2 is 1.88 bits per heavy atom. The van der Waals surface area contributed by atoms with E-state index >= 15 is 0 Å². The van der Waals surface area contributed by atoms with Crippen LogP contribution in [0.5, 0.6) is 0 Å². The largest absolute Gasteiger partial charge is 0.298 e. The predicted molar refractivity (Wildman–Crippen MR) is 107 cm³/mol. The normalized spacial score (nSPS) is 10.7. The molecule has 0 unspecified atom stereocenters. The predicted octanol–water partition coefficient (Wildman–Crippen LogP) is 5.58. The number of aromatic nitrogens is 1. The number of hydrogen-bond donors (Lipinski definition) is 1. The second-order valence-corrected chi connectivity index (χ2v) is 7.86. The van der Waals surface area contributed by atoms with E-state index in [2.05, 4.69) is 10.3 Å². The minimum absolute atomic E-state index is 0.145. The number of thioether (sulfide) groups is 1. The molecular weight excluding hydrogens is 367 g/mol. The number of amides is 1. The van der Waals surface area contributed by atoms with E-state index in [1.807, 2.05) is 37.4 Å². The van der Waals surface area contributed by atoms with Crippen molar-refractivity contribution in [3.63, 3.8) is 0 Å². The Labute approximate surface area is 160 Å². The molecule has 3 nitrogen and oxygen atoms in total. The van der Waals surface area contributed by atoms with E-state index in [9.17, 15) is 9.18 Å². The third kappa shape index (κ3) is 4.93. The highest BCUT2D eigenvalue weighted by Crippen LogP contribution is 2.23. The fourth-order valence-electron chi connectivity index (χ4n) is 2.34. The van der Waals surface area contributed by atoms with E-state index in [0.29, 0.717) is 10.7 Å². The summed E-state index contributed by atoms with van der Waals surface area (Å²) in [7, 11) is 0. The number of benzene rings is 2. The number of rotatable bonds is 6. The van der Waals surface area contributed by atoms with Crippen LogP contribution in [0.15, 0.2) is 47.8 Å². The number of thiazole rings is 1. The average molecular weight is 387 g/mol. The van der Waals surface area contributed by atoms with E-state index in [0.717, 1.165) is 33.9 Å². The lowest BCUT2D eigenvalue weighted by molar-refractivity contribution is 0.102. The molecule has 0 saturated carbocycles. The van der Waals surface area contributed by atoms with Gasteiger partial charge in [-0.05, 0) is 54.8 Å². The van der Waals surface area contributed by atoms with Gasteiger partial charge in [0.2, 0.25) is 0 Å². The molecule has 3 rings (SSSR count). The first-order valence-electron chi connectivity index (χ1n) is 8.16. The Morgan fingerprint density at radius 1 is 1.12 bits per heavy atom. The van der Waals surface area contributed by atoms with Crippen molar-refractivity contribution in [2.45, 2.75) is 25.4 Å². The van der Waals surface area contributed by atoms with E-state index in [1.165, 1.54) is 23.5 Å². The maximum Gasteiger partial charge on any atom is 0.257 e. The molecule has 0 aliphatic heterocycles. The van der Waals surface area contributed by atoms with Gasteiger partial charge < -0.3 is 0 Å². The molecule has 0 bridgehead atoms. The molecule has 1 N–H and O–H groups in total. The highest BCUT2D eigenvalue weighted by atomic mass is 32.2. The molecule has 0 radical (unpaired) electrons. The van der Waals surface area contributed by atoms with Gasteiger partial charge in [-0.2, -0.15) is 11.8 Å². The Bertz CT molecular complexity index is 906. The number of anilines is 1. The van der Waals surface area contributed by atoms with Crippen molar-refractivity contribution in [1.82, 2.24) is 4.98 Å². The summed E-state index contributed by atoms with van der Waals surface area (Å²) in [6.45, 7) is 4.01. The molecule has 0 fully saturated rings. The van der Waals surface area contributed by atoms with E-state index in [4.69, 9.17) is 0 Å². The van der Waals surface area contributed by atoms with Gasteiger partial charge in [0.05, 0.1) is 5.69 Å². The summed E-state index contributed by atoms with van der Waals surface area (Å²) in [5.74, 6) is 1.17. The molecular formula is C20H19FN2OS2. The van der Waals surface area contributed by atoms with E-state index < -0.39 is 0 Å². The van der Waals surface area contributed by atoms with Crippen molar-refractivity contribution < 1.29 is 9.18 Å². The quantitative estimate of drug-likeness (QED) is 0.601. The van der Waals surface area contributed by atoms with Crippen LogP contribution >= 0.6 is 23.1 Å². The summed E-state index contributed by atoms with van der Waals surface area (Å²) in [5.41, 5.74) is 4.90. The molecule has 1 heterocycles. The molecule has 1 amide bonds. The van der Waals surface area contributed by atoms with Crippen LogP contribution in [0.1, 0.15) is 32.7 Å². The first kappa shape index (κ1) is 18.6. The summed E-state index contributed by atoms with van der Waals surface area (Å²) in [4.78, 5) is 16.8. The third-order valence-electron chi connectivity index (χ3n) is 3.97. The summed E-state index contributed by atoms with van der Waals surface area (Å²) in [6.07, 6.45) is 0. The first-order chi connectivity index (χ1) is 12.5. The zero-order valence-electron chi connectivity index (χ0n) is 14.6. The van der Waals surface area contributed by atoms with Gasteiger partial charge in [0.15, 0.2) is 5.13 Å². The molecule has 0 atom stereocenters. The van der Waals surface area contributed by atoms with Crippen LogP contribution in [0.25, 0.3) is 0 Å². The van der Waals surface area contributed by atoms with Crippen molar-refractivity contribution in [2.75, 3.05) is 5.32 Å². The maximum atomic E-state index is 12.9. The van der Waals surface area contributed by atoms with Crippen LogP contribution in [0, 0.1) is 19.7 Å². The SMILES string of the molecule is Cc1ccc(C(=O)Nc2nc(CSCc3ccc(F)cc3)cs2)cc1C. The number of nitrogens with one attached hydrogen (secondary N) is 1. The number of nitrogens with zero attached hydrogens (tertiary/aromatic N) is 1. The van der Waals surface area contributed by atoms with Gasteiger partial charge in [0.1, 0.15) is 5.82 Å². The molecule has 26 heavy (non-hydrogen) atoms. The molecule has 3 aromatic rings. The van der Waals surface area contributed by atoms with Gasteiger partial charge >= 0.3 is 0 Å². The molecule has 2 aromatic carbocycles. The number of halogens is 1. The van der Waals surface area contributed by atoms with Crippen molar-refractivity contribution in [1.29, 1.82) is 0 Å². The Kier molecular flexibility index (Phi) is 6.06. The molecule has 134 valence electrons. The molecule has 0 spiro atoms. The van der Waals surface area contributed by atoms with Crippen LogP contribution in [0.4, 0.5) is 9.52 Å². The fourth-order valence-corrected chi connectivity index (χ4v) is 4.03. The monoisotopic (exact) mass is 386 g/mol. The second kappa shape index (κ2) is 8.47.